The van der Waals surface area contributed by atoms with Gasteiger partial charge in [-0.15, -0.1) is 0 Å². The first-order valence-electron chi connectivity index (χ1n) is 7.17. The minimum Gasteiger partial charge on any atom is -0.463 e. The molecule has 0 aliphatic carbocycles. The fourth-order valence-corrected chi connectivity index (χ4v) is 2.05. The first-order valence-corrected chi connectivity index (χ1v) is 7.17. The molecule has 0 aromatic heterocycles. The summed E-state index contributed by atoms with van der Waals surface area (Å²) in [5.41, 5.74) is 11.7. The molecule has 0 atom stereocenters. The van der Waals surface area contributed by atoms with E-state index < -0.39 is 6.35 Å². The fraction of sp³-hybridized carbons (Fsp3) is 0.400. The van der Waals surface area contributed by atoms with Gasteiger partial charge in [-0.05, 0) is 45.0 Å². The van der Waals surface area contributed by atoms with Crippen LogP contribution in [0.2, 0.25) is 0 Å². The summed E-state index contributed by atoms with van der Waals surface area (Å²) in [5, 5.41) is 23.5. The number of hydrogen-bond acceptors (Lipinski definition) is 7. The van der Waals surface area contributed by atoms with Crippen LogP contribution in [0.5, 0.6) is 5.75 Å². The molecule has 1 heterocycles. The van der Waals surface area contributed by atoms with E-state index in [1.165, 1.54) is 0 Å². The van der Waals surface area contributed by atoms with Gasteiger partial charge in [0.25, 0.3) is 0 Å². The van der Waals surface area contributed by atoms with Crippen LogP contribution in [0.4, 0.5) is 5.69 Å². The van der Waals surface area contributed by atoms with E-state index >= 15 is 0 Å². The molecule has 1 aliphatic rings. The molecule has 0 spiro atoms. The number of hydrazone groups is 1. The molecule has 1 aromatic rings. The quantitative estimate of drug-likeness (QED) is 0.609. The lowest BCUT2D eigenvalue weighted by atomic mass is 10.1. The zero-order chi connectivity index (χ0) is 17.2. The second-order valence-electron chi connectivity index (χ2n) is 6.07. The lowest BCUT2D eigenvalue weighted by Gasteiger charge is -2.29. The summed E-state index contributed by atoms with van der Waals surface area (Å²) in [7, 11) is 0. The highest BCUT2D eigenvalue weighted by Gasteiger charge is 2.34. The van der Waals surface area contributed by atoms with Crippen LogP contribution in [-0.2, 0) is 0 Å². The zero-order valence-electron chi connectivity index (χ0n) is 13.4. The Balaban J connectivity index is 2.28. The summed E-state index contributed by atoms with van der Waals surface area (Å²) in [5.74, 6) is 0.684. The molecule has 1 aliphatic heterocycles. The SMILES string of the molecule is CC(C)(C)N1N=C(CO)C(=Nc2ccc(OC(N)N)cc2)C1=N. The highest BCUT2D eigenvalue weighted by molar-refractivity contribution is 6.70. The van der Waals surface area contributed by atoms with Crippen LogP contribution in [0.15, 0.2) is 34.4 Å². The van der Waals surface area contributed by atoms with Crippen molar-refractivity contribution in [3.05, 3.63) is 24.3 Å². The predicted molar refractivity (Wildman–Crippen MR) is 90.2 cm³/mol. The van der Waals surface area contributed by atoms with E-state index in [4.69, 9.17) is 21.6 Å². The number of benzene rings is 1. The maximum Gasteiger partial charge on any atom is 0.201 e. The van der Waals surface area contributed by atoms with Gasteiger partial charge in [0.1, 0.15) is 17.2 Å². The molecule has 1 aromatic carbocycles. The van der Waals surface area contributed by atoms with Crippen LogP contribution in [0, 0.1) is 5.41 Å². The van der Waals surface area contributed by atoms with Gasteiger partial charge < -0.3 is 9.84 Å². The summed E-state index contributed by atoms with van der Waals surface area (Å²) in [6.07, 6.45) is -0.886. The number of nitrogens with zero attached hydrogens (tertiary/aromatic N) is 3. The van der Waals surface area contributed by atoms with Gasteiger partial charge in [-0.2, -0.15) is 5.10 Å². The largest absolute Gasteiger partial charge is 0.463 e. The van der Waals surface area contributed by atoms with Crippen LogP contribution in [0.25, 0.3) is 0 Å². The lowest BCUT2D eigenvalue weighted by molar-refractivity contribution is 0.217. The van der Waals surface area contributed by atoms with Crippen molar-refractivity contribution in [1.29, 1.82) is 5.41 Å². The smallest absolute Gasteiger partial charge is 0.201 e. The number of nitrogens with one attached hydrogen (secondary N) is 1. The molecule has 0 saturated carbocycles. The third kappa shape index (κ3) is 3.92. The number of aliphatic imine (C=N–C) groups is 1. The van der Waals surface area contributed by atoms with E-state index in [2.05, 4.69) is 10.1 Å². The van der Waals surface area contributed by atoms with Gasteiger partial charge in [-0.25, -0.2) is 10.0 Å². The first-order chi connectivity index (χ1) is 10.7. The molecule has 0 saturated heterocycles. The Hall–Kier alpha value is -2.29. The Kier molecular flexibility index (Phi) is 4.79. The monoisotopic (exact) mass is 318 g/mol. The van der Waals surface area contributed by atoms with E-state index in [0.29, 0.717) is 22.9 Å². The second kappa shape index (κ2) is 6.45. The maximum atomic E-state index is 9.48. The van der Waals surface area contributed by atoms with Crippen LogP contribution in [0.1, 0.15) is 20.8 Å². The molecule has 0 bridgehead atoms. The molecule has 8 nitrogen and oxygen atoms in total. The number of amidine groups is 1. The fourth-order valence-electron chi connectivity index (χ4n) is 2.05. The third-order valence-electron chi connectivity index (χ3n) is 3.07. The van der Waals surface area contributed by atoms with E-state index in [9.17, 15) is 5.11 Å². The van der Waals surface area contributed by atoms with Gasteiger partial charge in [0.05, 0.1) is 17.8 Å². The standard InChI is InChI=1S/C15H22N6O2/c1-15(2,3)21-13(16)12(11(8-22)20-21)19-9-4-6-10(7-5-9)23-14(17)18/h4-7,14,16,22H,8,17-18H2,1-3H3. The number of aliphatic hydroxyl groups excluding tert-OH is 1. The van der Waals surface area contributed by atoms with Crippen LogP contribution in [0.3, 0.4) is 0 Å². The normalized spacial score (nSPS) is 17.2. The molecule has 2 rings (SSSR count). The van der Waals surface area contributed by atoms with Gasteiger partial charge in [0.15, 0.2) is 5.84 Å². The van der Waals surface area contributed by atoms with Crippen LogP contribution >= 0.6 is 0 Å². The number of aliphatic hydroxyl groups is 1. The average Bonchev–Trinajstić information content (AvgIpc) is 2.77. The summed E-state index contributed by atoms with van der Waals surface area (Å²) >= 11 is 0. The van der Waals surface area contributed by atoms with Crippen LogP contribution in [-0.4, -0.2) is 45.9 Å². The van der Waals surface area contributed by atoms with Crippen molar-refractivity contribution in [1.82, 2.24) is 5.01 Å². The molecule has 23 heavy (non-hydrogen) atoms. The van der Waals surface area contributed by atoms with Crippen LogP contribution < -0.4 is 16.2 Å². The number of hydrogen-bond donors (Lipinski definition) is 4. The van der Waals surface area contributed by atoms with Crippen molar-refractivity contribution in [3.63, 3.8) is 0 Å². The summed E-state index contributed by atoms with van der Waals surface area (Å²) in [6, 6.07) is 6.80. The molecule has 0 radical (unpaired) electrons. The Morgan fingerprint density at radius 2 is 1.91 bits per heavy atom. The Morgan fingerprint density at radius 1 is 1.30 bits per heavy atom. The van der Waals surface area contributed by atoms with Crippen molar-refractivity contribution in [2.45, 2.75) is 32.7 Å². The summed E-state index contributed by atoms with van der Waals surface area (Å²) in [6.45, 7) is 5.53. The average molecular weight is 318 g/mol. The van der Waals surface area contributed by atoms with Crippen molar-refractivity contribution >= 4 is 22.9 Å². The van der Waals surface area contributed by atoms with Crippen molar-refractivity contribution in [2.24, 2.45) is 21.6 Å². The minimum atomic E-state index is -0.886. The summed E-state index contributed by atoms with van der Waals surface area (Å²) < 4.78 is 5.16. The van der Waals surface area contributed by atoms with Crippen molar-refractivity contribution < 1.29 is 9.84 Å². The van der Waals surface area contributed by atoms with E-state index in [1.807, 2.05) is 20.8 Å². The number of ether oxygens (including phenoxy) is 1. The molecular formula is C15H22N6O2. The van der Waals surface area contributed by atoms with Gasteiger partial charge >= 0.3 is 0 Å². The van der Waals surface area contributed by atoms with E-state index in [-0.39, 0.29) is 18.0 Å². The van der Waals surface area contributed by atoms with Gasteiger partial charge in [0.2, 0.25) is 6.35 Å². The summed E-state index contributed by atoms with van der Waals surface area (Å²) in [4.78, 5) is 4.42. The Bertz CT molecular complexity index is 643. The number of nitrogens with two attached hydrogens (primary N) is 2. The zero-order valence-corrected chi connectivity index (χ0v) is 13.4. The molecule has 0 fully saturated rings. The Morgan fingerprint density at radius 3 is 2.39 bits per heavy atom. The predicted octanol–water partition coefficient (Wildman–Crippen LogP) is 0.779. The second-order valence-corrected chi connectivity index (χ2v) is 6.07. The van der Waals surface area contributed by atoms with Gasteiger partial charge in [0, 0.05) is 0 Å². The third-order valence-corrected chi connectivity index (χ3v) is 3.07. The molecular weight excluding hydrogens is 296 g/mol. The Labute approximate surface area is 135 Å². The molecule has 8 heteroatoms. The maximum absolute atomic E-state index is 9.48. The number of rotatable bonds is 4. The molecule has 124 valence electrons. The topological polar surface area (TPSA) is 133 Å². The minimum absolute atomic E-state index is 0.158. The molecule has 6 N–H and O–H groups in total. The van der Waals surface area contributed by atoms with Gasteiger partial charge in [-0.3, -0.25) is 16.9 Å². The highest BCUT2D eigenvalue weighted by Crippen LogP contribution is 2.23. The van der Waals surface area contributed by atoms with Gasteiger partial charge in [-0.1, -0.05) is 0 Å². The lowest BCUT2D eigenvalue weighted by Crippen LogP contribution is -2.41. The van der Waals surface area contributed by atoms with E-state index in [0.717, 1.165) is 0 Å². The molecule has 0 unspecified atom stereocenters. The van der Waals surface area contributed by atoms with Crippen molar-refractivity contribution in [2.75, 3.05) is 6.61 Å². The van der Waals surface area contributed by atoms with Crippen molar-refractivity contribution in [3.8, 4) is 5.75 Å². The molecule has 0 amide bonds. The van der Waals surface area contributed by atoms with E-state index in [1.54, 1.807) is 29.3 Å². The highest BCUT2D eigenvalue weighted by atomic mass is 16.5. The first kappa shape index (κ1) is 17.1.